The standard InChI is InChI=1S/C20H20N4O3/c1-14(22-20(26)16-9-11-21-12-10-16)13-24-19(25)8-7-18(23-24)15-3-5-17(27-2)6-4-15/h3-12,14H,13H2,1-2H3,(H,22,26)/t14-/m0/s1. The summed E-state index contributed by atoms with van der Waals surface area (Å²) in [6, 6.07) is 13.6. The number of methoxy groups -OCH3 is 1. The van der Waals surface area contributed by atoms with Crippen molar-refractivity contribution in [1.82, 2.24) is 20.1 Å². The van der Waals surface area contributed by atoms with Crippen LogP contribution in [0.3, 0.4) is 0 Å². The molecule has 7 heteroatoms. The summed E-state index contributed by atoms with van der Waals surface area (Å²) in [6.07, 6.45) is 3.12. The number of carbonyl (C=O) groups excluding carboxylic acids is 1. The van der Waals surface area contributed by atoms with Gasteiger partial charge in [-0.3, -0.25) is 14.6 Å². The Morgan fingerprint density at radius 2 is 1.81 bits per heavy atom. The first kappa shape index (κ1) is 18.3. The van der Waals surface area contributed by atoms with Gasteiger partial charge in [-0.05, 0) is 49.4 Å². The fraction of sp³-hybridized carbons (Fsp3) is 0.200. The van der Waals surface area contributed by atoms with E-state index in [1.54, 1.807) is 37.7 Å². The van der Waals surface area contributed by atoms with Crippen LogP contribution >= 0.6 is 0 Å². The van der Waals surface area contributed by atoms with Gasteiger partial charge in [-0.2, -0.15) is 5.10 Å². The van der Waals surface area contributed by atoms with Gasteiger partial charge in [0.1, 0.15) is 5.75 Å². The minimum Gasteiger partial charge on any atom is -0.497 e. The smallest absolute Gasteiger partial charge is 0.266 e. The van der Waals surface area contributed by atoms with Crippen LogP contribution in [0.25, 0.3) is 11.3 Å². The highest BCUT2D eigenvalue weighted by molar-refractivity contribution is 5.94. The first-order chi connectivity index (χ1) is 13.1. The van der Waals surface area contributed by atoms with Gasteiger partial charge in [0.25, 0.3) is 11.5 Å². The number of benzene rings is 1. The van der Waals surface area contributed by atoms with Crippen LogP contribution in [0.15, 0.2) is 65.7 Å². The van der Waals surface area contributed by atoms with Crippen molar-refractivity contribution >= 4 is 5.91 Å². The second-order valence-corrected chi connectivity index (χ2v) is 6.08. The van der Waals surface area contributed by atoms with Gasteiger partial charge in [0, 0.05) is 35.6 Å². The van der Waals surface area contributed by atoms with E-state index in [1.807, 2.05) is 31.2 Å². The lowest BCUT2D eigenvalue weighted by Crippen LogP contribution is -2.38. The van der Waals surface area contributed by atoms with Crippen LogP contribution in [0.2, 0.25) is 0 Å². The van der Waals surface area contributed by atoms with Gasteiger partial charge in [-0.15, -0.1) is 0 Å². The molecule has 0 saturated carbocycles. The summed E-state index contributed by atoms with van der Waals surface area (Å²) in [7, 11) is 1.61. The van der Waals surface area contributed by atoms with Crippen LogP contribution in [0.4, 0.5) is 0 Å². The Morgan fingerprint density at radius 1 is 1.11 bits per heavy atom. The van der Waals surface area contributed by atoms with E-state index in [2.05, 4.69) is 15.4 Å². The second kappa shape index (κ2) is 8.27. The van der Waals surface area contributed by atoms with Crippen molar-refractivity contribution < 1.29 is 9.53 Å². The highest BCUT2D eigenvalue weighted by Gasteiger charge is 2.12. The third kappa shape index (κ3) is 4.58. The maximum Gasteiger partial charge on any atom is 0.266 e. The molecule has 3 aromatic rings. The van der Waals surface area contributed by atoms with Crippen molar-refractivity contribution in [3.8, 4) is 17.0 Å². The predicted molar refractivity (Wildman–Crippen MR) is 102 cm³/mol. The Labute approximate surface area is 156 Å². The molecule has 2 aromatic heterocycles. The van der Waals surface area contributed by atoms with Gasteiger partial charge in [0.2, 0.25) is 0 Å². The van der Waals surface area contributed by atoms with Gasteiger partial charge in [-0.1, -0.05) is 0 Å². The van der Waals surface area contributed by atoms with Crippen LogP contribution in [-0.4, -0.2) is 33.8 Å². The van der Waals surface area contributed by atoms with Gasteiger partial charge < -0.3 is 10.1 Å². The Hall–Kier alpha value is -3.48. The van der Waals surface area contributed by atoms with Gasteiger partial charge in [0.15, 0.2) is 0 Å². The maximum absolute atomic E-state index is 12.2. The Bertz CT molecular complexity index is 969. The molecule has 0 bridgehead atoms. The lowest BCUT2D eigenvalue weighted by atomic mass is 10.1. The molecule has 1 N–H and O–H groups in total. The molecule has 0 aliphatic rings. The molecular formula is C20H20N4O3. The average Bonchev–Trinajstić information content (AvgIpc) is 2.70. The van der Waals surface area contributed by atoms with Crippen molar-refractivity contribution in [3.63, 3.8) is 0 Å². The molecule has 0 aliphatic carbocycles. The lowest BCUT2D eigenvalue weighted by molar-refractivity contribution is 0.0935. The number of nitrogens with one attached hydrogen (secondary N) is 1. The Kier molecular flexibility index (Phi) is 5.61. The normalized spacial score (nSPS) is 11.6. The van der Waals surface area contributed by atoms with E-state index < -0.39 is 0 Å². The molecule has 1 aromatic carbocycles. The van der Waals surface area contributed by atoms with Crippen molar-refractivity contribution in [1.29, 1.82) is 0 Å². The molecule has 2 heterocycles. The quantitative estimate of drug-likeness (QED) is 0.724. The van der Waals surface area contributed by atoms with Crippen molar-refractivity contribution in [2.75, 3.05) is 7.11 Å². The molecule has 138 valence electrons. The van der Waals surface area contributed by atoms with E-state index in [1.165, 1.54) is 10.7 Å². The first-order valence-corrected chi connectivity index (χ1v) is 8.50. The van der Waals surface area contributed by atoms with Crippen molar-refractivity contribution in [3.05, 3.63) is 76.8 Å². The fourth-order valence-corrected chi connectivity index (χ4v) is 2.61. The largest absolute Gasteiger partial charge is 0.497 e. The number of rotatable bonds is 6. The number of amides is 1. The summed E-state index contributed by atoms with van der Waals surface area (Å²) in [6.45, 7) is 2.09. The zero-order chi connectivity index (χ0) is 19.2. The fourth-order valence-electron chi connectivity index (χ4n) is 2.61. The number of hydrogen-bond acceptors (Lipinski definition) is 5. The third-order valence-corrected chi connectivity index (χ3v) is 4.02. The summed E-state index contributed by atoms with van der Waals surface area (Å²) >= 11 is 0. The van der Waals surface area contributed by atoms with E-state index in [9.17, 15) is 9.59 Å². The van der Waals surface area contributed by atoms with Crippen LogP contribution in [-0.2, 0) is 6.54 Å². The molecule has 0 radical (unpaired) electrons. The van der Waals surface area contributed by atoms with Crippen molar-refractivity contribution in [2.24, 2.45) is 0 Å². The number of carbonyl (C=O) groups is 1. The molecule has 3 rings (SSSR count). The van der Waals surface area contributed by atoms with E-state index in [0.29, 0.717) is 11.3 Å². The van der Waals surface area contributed by atoms with Gasteiger partial charge in [0.05, 0.1) is 19.3 Å². The molecule has 0 aliphatic heterocycles. The third-order valence-electron chi connectivity index (χ3n) is 4.02. The van der Waals surface area contributed by atoms with Crippen molar-refractivity contribution in [2.45, 2.75) is 19.5 Å². The summed E-state index contributed by atoms with van der Waals surface area (Å²) in [5.74, 6) is 0.531. The van der Waals surface area contributed by atoms with Gasteiger partial charge >= 0.3 is 0 Å². The predicted octanol–water partition coefficient (Wildman–Crippen LogP) is 2.13. The molecule has 1 atom stereocenters. The summed E-state index contributed by atoms with van der Waals surface area (Å²) in [5, 5.41) is 7.28. The molecule has 0 spiro atoms. The molecule has 0 saturated heterocycles. The molecule has 27 heavy (non-hydrogen) atoms. The summed E-state index contributed by atoms with van der Waals surface area (Å²) in [5.41, 5.74) is 1.84. The summed E-state index contributed by atoms with van der Waals surface area (Å²) < 4.78 is 6.51. The van der Waals surface area contributed by atoms with E-state index in [-0.39, 0.29) is 24.1 Å². The van der Waals surface area contributed by atoms with Crippen LogP contribution in [0.1, 0.15) is 17.3 Å². The molecule has 0 unspecified atom stereocenters. The SMILES string of the molecule is COc1ccc(-c2ccc(=O)n(C[C@H](C)NC(=O)c3ccncc3)n2)cc1. The van der Waals surface area contributed by atoms with E-state index in [0.717, 1.165) is 11.3 Å². The Balaban J connectivity index is 1.74. The maximum atomic E-state index is 12.2. The van der Waals surface area contributed by atoms with Crippen LogP contribution in [0, 0.1) is 0 Å². The minimum atomic E-state index is -0.276. The first-order valence-electron chi connectivity index (χ1n) is 8.50. The molecule has 7 nitrogen and oxygen atoms in total. The number of hydrogen-bond donors (Lipinski definition) is 1. The molecule has 0 fully saturated rings. The van der Waals surface area contributed by atoms with Crippen LogP contribution in [0.5, 0.6) is 5.75 Å². The minimum absolute atomic E-state index is 0.218. The highest BCUT2D eigenvalue weighted by atomic mass is 16.5. The van der Waals surface area contributed by atoms with E-state index >= 15 is 0 Å². The second-order valence-electron chi connectivity index (χ2n) is 6.08. The molecular weight excluding hydrogens is 344 g/mol. The Morgan fingerprint density at radius 3 is 2.48 bits per heavy atom. The number of nitrogens with zero attached hydrogens (tertiary/aromatic N) is 3. The molecule has 1 amide bonds. The highest BCUT2D eigenvalue weighted by Crippen LogP contribution is 2.19. The monoisotopic (exact) mass is 364 g/mol. The lowest BCUT2D eigenvalue weighted by Gasteiger charge is -2.15. The zero-order valence-corrected chi connectivity index (χ0v) is 15.1. The number of ether oxygens (including phenoxy) is 1. The van der Waals surface area contributed by atoms with Crippen LogP contribution < -0.4 is 15.6 Å². The van der Waals surface area contributed by atoms with E-state index in [4.69, 9.17) is 4.74 Å². The topological polar surface area (TPSA) is 86.1 Å². The number of aromatic nitrogens is 3. The summed E-state index contributed by atoms with van der Waals surface area (Å²) in [4.78, 5) is 28.3. The zero-order valence-electron chi connectivity index (χ0n) is 15.1. The van der Waals surface area contributed by atoms with Gasteiger partial charge in [-0.25, -0.2) is 4.68 Å². The average molecular weight is 364 g/mol. The number of pyridine rings is 1.